The molecule has 3 aliphatic carbocycles. The molecule has 5 atom stereocenters. The Labute approximate surface area is 302 Å². The first kappa shape index (κ1) is 39.0. The van der Waals surface area contributed by atoms with Crippen LogP contribution in [0.3, 0.4) is 0 Å². The van der Waals surface area contributed by atoms with E-state index in [4.69, 9.17) is 19.9 Å². The highest BCUT2D eigenvalue weighted by molar-refractivity contribution is 6.31. The Balaban J connectivity index is 0.000000507. The van der Waals surface area contributed by atoms with Gasteiger partial charge in [-0.05, 0) is 51.5 Å². The molecule has 52 heavy (non-hydrogen) atoms. The lowest BCUT2D eigenvalue weighted by Gasteiger charge is -2.36. The summed E-state index contributed by atoms with van der Waals surface area (Å²) in [6.07, 6.45) is 9.23. The minimum absolute atomic E-state index is 0.00135. The molecule has 0 aromatic heterocycles. The lowest BCUT2D eigenvalue weighted by molar-refractivity contribution is -0.122. The molecule has 1 saturated heterocycles. The number of fused-ring (bicyclic) bond motifs is 3. The largest absolute Gasteiger partial charge is 0.507 e. The summed E-state index contributed by atoms with van der Waals surface area (Å²) in [4.78, 5) is 39.4. The first-order chi connectivity index (χ1) is 24.9. The molecule has 14 nitrogen and oxygen atoms in total. The number of nitrogens with two attached hydrogens (primary N) is 1. The quantitative estimate of drug-likeness (QED) is 0.0769. The number of ether oxygens (including phenoxy) is 3. The van der Waals surface area contributed by atoms with Crippen LogP contribution in [-0.2, 0) is 27.1 Å². The highest BCUT2D eigenvalue weighted by Gasteiger charge is 2.44. The third-order valence-electron chi connectivity index (χ3n) is 10.2. The predicted molar refractivity (Wildman–Crippen MR) is 190 cm³/mol. The van der Waals surface area contributed by atoms with Crippen molar-refractivity contribution < 1.29 is 54.1 Å². The number of allylic oxidation sites excluding steroid dienone is 1. The van der Waals surface area contributed by atoms with Crippen LogP contribution in [0.4, 0.5) is 0 Å². The molecule has 2 aromatic rings. The van der Waals surface area contributed by atoms with E-state index in [0.717, 1.165) is 32.1 Å². The standard InChI is InChI=1S/C32H36N2O9.C6H13NO2/c1-42-22-11-7-10-20-25(22)31(40)27-26(29(20)38)30(39)21-16-32(41,14-12-19(21)28(27)37)23(17-35)33-34-24(36)13-15-43-18-8-5-3-2-4-6-9-18;1-4-6(8)5(7)2-3-9-4/h5,7-8,10-11,18,35,37,39,41H,2-4,6,9,12-17H2,1H3,(H,34,36);4-6,8H,2-3,7H2,1H3/b8-5+,33-23-;/t18?,32-;/m1./s1. The number of rotatable bonds is 8. The molecular formula is C38H49N3O11. The van der Waals surface area contributed by atoms with Gasteiger partial charge in [-0.25, -0.2) is 5.43 Å². The zero-order chi connectivity index (χ0) is 37.6. The van der Waals surface area contributed by atoms with Crippen molar-refractivity contribution in [1.29, 1.82) is 0 Å². The number of hydrogen-bond acceptors (Lipinski definition) is 13. The molecule has 6 rings (SSSR count). The van der Waals surface area contributed by atoms with Crippen molar-refractivity contribution in [3.05, 3.63) is 63.7 Å². The highest BCUT2D eigenvalue weighted by Crippen LogP contribution is 2.48. The van der Waals surface area contributed by atoms with Gasteiger partial charge in [0.1, 0.15) is 22.8 Å². The van der Waals surface area contributed by atoms with Gasteiger partial charge in [-0.2, -0.15) is 5.10 Å². The third kappa shape index (κ3) is 8.22. The molecule has 0 bridgehead atoms. The second-order valence-corrected chi connectivity index (χ2v) is 13.6. The van der Waals surface area contributed by atoms with Crippen LogP contribution < -0.4 is 15.9 Å². The molecule has 282 valence electrons. The maximum atomic E-state index is 13.5. The molecule has 1 aliphatic heterocycles. The summed E-state index contributed by atoms with van der Waals surface area (Å²) < 4.78 is 16.2. The van der Waals surface area contributed by atoms with Crippen molar-refractivity contribution in [2.75, 3.05) is 26.9 Å². The molecular weight excluding hydrogens is 674 g/mol. The summed E-state index contributed by atoms with van der Waals surface area (Å²) >= 11 is 0. The summed E-state index contributed by atoms with van der Waals surface area (Å²) in [5, 5.41) is 57.2. The van der Waals surface area contributed by atoms with Gasteiger partial charge in [-0.1, -0.05) is 37.1 Å². The number of methoxy groups -OCH3 is 1. The van der Waals surface area contributed by atoms with Gasteiger partial charge in [0.25, 0.3) is 0 Å². The van der Waals surface area contributed by atoms with E-state index >= 15 is 0 Å². The topological polar surface area (TPSA) is 230 Å². The van der Waals surface area contributed by atoms with E-state index < -0.39 is 47.3 Å². The first-order valence-electron chi connectivity index (χ1n) is 17.8. The Morgan fingerprint density at radius 2 is 1.83 bits per heavy atom. The highest BCUT2D eigenvalue weighted by atomic mass is 16.5. The number of aliphatic hydroxyl groups excluding tert-OH is 2. The third-order valence-corrected chi connectivity index (χ3v) is 10.2. The van der Waals surface area contributed by atoms with Crippen LogP contribution in [0.25, 0.3) is 0 Å². The number of phenolic OH excluding ortho intramolecular Hbond substituents is 2. The van der Waals surface area contributed by atoms with E-state index in [2.05, 4.69) is 16.6 Å². The predicted octanol–water partition coefficient (Wildman–Crippen LogP) is 2.35. The van der Waals surface area contributed by atoms with Crippen molar-refractivity contribution in [3.8, 4) is 17.2 Å². The van der Waals surface area contributed by atoms with Crippen LogP contribution in [0.15, 0.2) is 35.5 Å². The summed E-state index contributed by atoms with van der Waals surface area (Å²) in [6, 6.07) is 4.42. The van der Waals surface area contributed by atoms with Crippen molar-refractivity contribution in [1.82, 2.24) is 5.43 Å². The molecule has 8 N–H and O–H groups in total. The van der Waals surface area contributed by atoms with Crippen LogP contribution in [0, 0.1) is 0 Å². The van der Waals surface area contributed by atoms with E-state index in [1.54, 1.807) is 6.07 Å². The van der Waals surface area contributed by atoms with Crippen LogP contribution in [0.2, 0.25) is 0 Å². The van der Waals surface area contributed by atoms with Gasteiger partial charge in [0.15, 0.2) is 5.78 Å². The minimum Gasteiger partial charge on any atom is -0.507 e. The molecule has 1 fully saturated rings. The monoisotopic (exact) mass is 723 g/mol. The molecule has 4 unspecified atom stereocenters. The van der Waals surface area contributed by atoms with Crippen molar-refractivity contribution in [3.63, 3.8) is 0 Å². The van der Waals surface area contributed by atoms with Gasteiger partial charge >= 0.3 is 0 Å². The maximum absolute atomic E-state index is 13.5. The lowest BCUT2D eigenvalue weighted by atomic mass is 9.73. The molecule has 14 heteroatoms. The van der Waals surface area contributed by atoms with Crippen LogP contribution in [-0.4, -0.2) is 106 Å². The summed E-state index contributed by atoms with van der Waals surface area (Å²) in [7, 11) is 1.36. The number of hydrogen-bond donors (Lipinski definition) is 7. The molecule has 2 aromatic carbocycles. The zero-order valence-electron chi connectivity index (χ0n) is 29.6. The molecule has 4 aliphatic rings. The number of nitrogens with zero attached hydrogens (tertiary/aromatic N) is 1. The number of nitrogens with one attached hydrogen (secondary N) is 1. The molecule has 0 saturated carbocycles. The second kappa shape index (κ2) is 17.1. The average Bonchev–Trinajstić information content (AvgIpc) is 3.12. The van der Waals surface area contributed by atoms with E-state index in [1.165, 1.54) is 25.7 Å². The van der Waals surface area contributed by atoms with Crippen LogP contribution >= 0.6 is 0 Å². The Kier molecular flexibility index (Phi) is 12.8. The number of benzene rings is 2. The zero-order valence-corrected chi connectivity index (χ0v) is 29.6. The van der Waals surface area contributed by atoms with Gasteiger partial charge in [-0.15, -0.1) is 0 Å². The number of phenols is 2. The van der Waals surface area contributed by atoms with E-state index in [1.807, 2.05) is 13.0 Å². The number of ketones is 2. The fourth-order valence-corrected chi connectivity index (χ4v) is 7.12. The summed E-state index contributed by atoms with van der Waals surface area (Å²) in [5.41, 5.74) is 5.56. The van der Waals surface area contributed by atoms with E-state index in [0.29, 0.717) is 6.61 Å². The van der Waals surface area contributed by atoms with Gasteiger partial charge in [-0.3, -0.25) is 14.4 Å². The van der Waals surface area contributed by atoms with Crippen LogP contribution in [0.1, 0.15) is 101 Å². The van der Waals surface area contributed by atoms with Crippen molar-refractivity contribution in [2.24, 2.45) is 10.8 Å². The minimum atomic E-state index is -1.81. The number of amides is 1. The Morgan fingerprint density at radius 1 is 1.08 bits per heavy atom. The number of carbonyl (C=O) groups is 3. The van der Waals surface area contributed by atoms with E-state index in [-0.39, 0.29) is 95.4 Å². The fourth-order valence-electron chi connectivity index (χ4n) is 7.12. The SMILES string of the molecule is CC1OCCC(N)C1O.COc1cccc2c1C(=O)c1c(O)c3c(c(O)c1C2=O)C[C@@](O)(/C(CO)=N\NC(=O)CCOC1/C=C/CCCCC1)CC3. The van der Waals surface area contributed by atoms with Crippen LogP contribution in [0.5, 0.6) is 17.2 Å². The molecule has 0 spiro atoms. The number of aliphatic hydroxyl groups is 3. The first-order valence-corrected chi connectivity index (χ1v) is 17.8. The Hall–Kier alpha value is -4.18. The summed E-state index contributed by atoms with van der Waals surface area (Å²) in [6.45, 7) is 2.00. The molecule has 0 radical (unpaired) electrons. The average molecular weight is 724 g/mol. The molecule has 1 heterocycles. The van der Waals surface area contributed by atoms with Gasteiger partial charge in [0.05, 0.1) is 67.5 Å². The van der Waals surface area contributed by atoms with Gasteiger partial charge in [0.2, 0.25) is 11.7 Å². The smallest absolute Gasteiger partial charge is 0.242 e. The second-order valence-electron chi connectivity index (χ2n) is 13.6. The molecule has 1 amide bonds. The van der Waals surface area contributed by atoms with Crippen molar-refractivity contribution >= 4 is 23.2 Å². The Bertz CT molecular complexity index is 1710. The van der Waals surface area contributed by atoms with Gasteiger partial charge < -0.3 is 45.5 Å². The van der Waals surface area contributed by atoms with Gasteiger partial charge in [0, 0.05) is 35.8 Å². The number of carbonyl (C=O) groups excluding carboxylic acids is 3. The summed E-state index contributed by atoms with van der Waals surface area (Å²) in [5.74, 6) is -2.61. The maximum Gasteiger partial charge on any atom is 0.242 e. The normalized spacial score (nSPS) is 26.4. The lowest BCUT2D eigenvalue weighted by Crippen LogP contribution is -2.47. The fraction of sp³-hybridized carbons (Fsp3) is 0.526. The van der Waals surface area contributed by atoms with E-state index in [9.17, 15) is 39.9 Å². The Morgan fingerprint density at radius 3 is 2.54 bits per heavy atom. The number of hydrazone groups is 1. The number of aromatic hydroxyl groups is 2. The van der Waals surface area contributed by atoms with Crippen molar-refractivity contribution in [2.45, 2.75) is 101 Å².